The third-order valence-electron chi connectivity index (χ3n) is 5.41. The second kappa shape index (κ2) is 9.17. The Labute approximate surface area is 207 Å². The van der Waals surface area contributed by atoms with Gasteiger partial charge in [-0.1, -0.05) is 30.3 Å². The standard InChI is InChI=1S/C25H20N2O4S3/c1-13-22(26-25(29)31-14(2)15-7-5-4-6-8-15)23(34-27-13)20-11-16-9-19-17(10-18(16)32-20)12-21(33-19)24(28)30-3/h4-12,14H,1-3H3,(H,26,29)/t14-/m1/s1. The molecule has 0 radical (unpaired) electrons. The summed E-state index contributed by atoms with van der Waals surface area (Å²) >= 11 is 4.39. The maximum atomic E-state index is 12.6. The molecule has 0 aliphatic rings. The molecule has 1 amide bonds. The van der Waals surface area contributed by atoms with Crippen LogP contribution in [0, 0.1) is 6.92 Å². The number of carbonyl (C=O) groups excluding carboxylic acids is 2. The second-order valence-electron chi connectivity index (χ2n) is 7.70. The number of aromatic nitrogens is 1. The van der Waals surface area contributed by atoms with Gasteiger partial charge in [-0.05, 0) is 66.0 Å². The molecular weight excluding hydrogens is 488 g/mol. The predicted octanol–water partition coefficient (Wildman–Crippen LogP) is 7.64. The minimum Gasteiger partial charge on any atom is -0.465 e. The van der Waals surface area contributed by atoms with Gasteiger partial charge in [0.2, 0.25) is 0 Å². The molecular formula is C25H20N2O4S3. The van der Waals surface area contributed by atoms with E-state index in [0.29, 0.717) is 10.6 Å². The number of aryl methyl sites for hydroxylation is 1. The first kappa shape index (κ1) is 22.5. The zero-order valence-corrected chi connectivity index (χ0v) is 21.0. The fourth-order valence-corrected chi connectivity index (χ4v) is 6.70. The fourth-order valence-electron chi connectivity index (χ4n) is 3.65. The highest BCUT2D eigenvalue weighted by Gasteiger charge is 2.20. The summed E-state index contributed by atoms with van der Waals surface area (Å²) in [6, 6.07) is 17.7. The number of anilines is 1. The van der Waals surface area contributed by atoms with E-state index in [1.165, 1.54) is 30.0 Å². The number of rotatable bonds is 5. The summed E-state index contributed by atoms with van der Waals surface area (Å²) in [6.45, 7) is 3.71. The Morgan fingerprint density at radius 2 is 1.71 bits per heavy atom. The van der Waals surface area contributed by atoms with E-state index in [0.717, 1.165) is 41.2 Å². The van der Waals surface area contributed by atoms with E-state index in [4.69, 9.17) is 9.47 Å². The largest absolute Gasteiger partial charge is 0.465 e. The number of carbonyl (C=O) groups is 2. The van der Waals surface area contributed by atoms with E-state index >= 15 is 0 Å². The van der Waals surface area contributed by atoms with Gasteiger partial charge in [-0.25, -0.2) is 9.59 Å². The monoisotopic (exact) mass is 508 g/mol. The Morgan fingerprint density at radius 1 is 1.00 bits per heavy atom. The summed E-state index contributed by atoms with van der Waals surface area (Å²) in [5.41, 5.74) is 2.33. The van der Waals surface area contributed by atoms with Gasteiger partial charge in [0.15, 0.2) is 0 Å². The third kappa shape index (κ3) is 4.29. The molecule has 0 saturated heterocycles. The van der Waals surface area contributed by atoms with Crippen molar-refractivity contribution in [2.75, 3.05) is 12.4 Å². The van der Waals surface area contributed by atoms with Crippen LogP contribution >= 0.6 is 34.2 Å². The van der Waals surface area contributed by atoms with Crippen LogP contribution < -0.4 is 5.32 Å². The van der Waals surface area contributed by atoms with Gasteiger partial charge in [0.05, 0.1) is 23.4 Å². The van der Waals surface area contributed by atoms with Crippen molar-refractivity contribution in [1.29, 1.82) is 0 Å². The number of hydrogen-bond donors (Lipinski definition) is 1. The highest BCUT2D eigenvalue weighted by Crippen LogP contribution is 2.43. The lowest BCUT2D eigenvalue weighted by atomic mass is 10.1. The van der Waals surface area contributed by atoms with Crippen LogP contribution in [0.4, 0.5) is 10.5 Å². The SMILES string of the molecule is COC(=O)c1cc2cc3sc(-c4snc(C)c4NC(=O)O[C@H](C)c4ccccc4)cc3cc2s1. The molecule has 0 unspecified atom stereocenters. The van der Waals surface area contributed by atoms with Gasteiger partial charge >= 0.3 is 12.1 Å². The summed E-state index contributed by atoms with van der Waals surface area (Å²) in [7, 11) is 1.39. The Morgan fingerprint density at radius 3 is 2.44 bits per heavy atom. The lowest BCUT2D eigenvalue weighted by Gasteiger charge is -2.14. The molecule has 172 valence electrons. The molecule has 3 aromatic heterocycles. The van der Waals surface area contributed by atoms with Crippen LogP contribution in [-0.2, 0) is 9.47 Å². The maximum Gasteiger partial charge on any atom is 0.412 e. The van der Waals surface area contributed by atoms with Crippen molar-refractivity contribution in [3.05, 3.63) is 70.7 Å². The number of nitrogens with zero attached hydrogens (tertiary/aromatic N) is 1. The van der Waals surface area contributed by atoms with Crippen molar-refractivity contribution in [3.63, 3.8) is 0 Å². The molecule has 3 heterocycles. The van der Waals surface area contributed by atoms with Crippen LogP contribution in [0.1, 0.15) is 34.0 Å². The van der Waals surface area contributed by atoms with E-state index in [1.807, 2.05) is 50.2 Å². The van der Waals surface area contributed by atoms with E-state index in [9.17, 15) is 9.59 Å². The lowest BCUT2D eigenvalue weighted by Crippen LogP contribution is -2.16. The Kier molecular flexibility index (Phi) is 6.07. The summed E-state index contributed by atoms with van der Waals surface area (Å²) in [5, 5.41) is 4.98. The van der Waals surface area contributed by atoms with Crippen molar-refractivity contribution < 1.29 is 19.1 Å². The molecule has 0 spiro atoms. The number of benzene rings is 2. The number of ether oxygens (including phenoxy) is 2. The zero-order valence-electron chi connectivity index (χ0n) is 18.6. The molecule has 0 saturated carbocycles. The molecule has 5 rings (SSSR count). The van der Waals surface area contributed by atoms with Crippen LogP contribution in [-0.4, -0.2) is 23.5 Å². The molecule has 0 aliphatic heterocycles. The molecule has 1 atom stereocenters. The quantitative estimate of drug-likeness (QED) is 0.247. The summed E-state index contributed by atoms with van der Waals surface area (Å²) in [4.78, 5) is 27.0. The van der Waals surface area contributed by atoms with Gasteiger partial charge in [0.1, 0.15) is 11.0 Å². The number of methoxy groups -OCH3 is 1. The number of hydrogen-bond acceptors (Lipinski definition) is 8. The second-order valence-corrected chi connectivity index (χ2v) is 10.6. The summed E-state index contributed by atoms with van der Waals surface area (Å²) < 4.78 is 17.0. The number of fused-ring (bicyclic) bond motifs is 2. The Bertz CT molecular complexity index is 1470. The van der Waals surface area contributed by atoms with Crippen LogP contribution in [0.5, 0.6) is 0 Å². The van der Waals surface area contributed by atoms with Crippen molar-refractivity contribution in [1.82, 2.24) is 4.37 Å². The van der Waals surface area contributed by atoms with E-state index in [-0.39, 0.29) is 12.1 Å². The van der Waals surface area contributed by atoms with Crippen molar-refractivity contribution in [2.45, 2.75) is 20.0 Å². The van der Waals surface area contributed by atoms with Gasteiger partial charge in [0.25, 0.3) is 0 Å². The number of amides is 1. The molecule has 0 aliphatic carbocycles. The number of nitrogens with one attached hydrogen (secondary N) is 1. The van der Waals surface area contributed by atoms with Gasteiger partial charge in [-0.2, -0.15) is 4.37 Å². The van der Waals surface area contributed by atoms with Gasteiger partial charge in [0, 0.05) is 14.3 Å². The van der Waals surface area contributed by atoms with Gasteiger partial charge in [-0.15, -0.1) is 22.7 Å². The van der Waals surface area contributed by atoms with Crippen LogP contribution in [0.25, 0.3) is 29.9 Å². The first-order valence-electron chi connectivity index (χ1n) is 10.5. The highest BCUT2D eigenvalue weighted by atomic mass is 32.1. The Hall–Kier alpha value is -3.27. The average molecular weight is 509 g/mol. The van der Waals surface area contributed by atoms with Crippen molar-refractivity contribution in [3.8, 4) is 9.75 Å². The topological polar surface area (TPSA) is 77.5 Å². The third-order valence-corrected chi connectivity index (χ3v) is 8.70. The molecule has 6 nitrogen and oxygen atoms in total. The van der Waals surface area contributed by atoms with Gasteiger partial charge < -0.3 is 9.47 Å². The molecule has 0 bridgehead atoms. The van der Waals surface area contributed by atoms with E-state index in [1.54, 1.807) is 11.3 Å². The molecule has 9 heteroatoms. The fraction of sp³-hybridized carbons (Fsp3) is 0.160. The summed E-state index contributed by atoms with van der Waals surface area (Å²) in [6.07, 6.45) is -0.887. The molecule has 1 N–H and O–H groups in total. The molecule has 34 heavy (non-hydrogen) atoms. The first-order valence-corrected chi connectivity index (χ1v) is 12.9. The van der Waals surface area contributed by atoms with E-state index in [2.05, 4.69) is 27.9 Å². The first-order chi connectivity index (χ1) is 16.4. The highest BCUT2D eigenvalue weighted by molar-refractivity contribution is 7.25. The molecule has 0 fully saturated rings. The predicted molar refractivity (Wildman–Crippen MR) is 139 cm³/mol. The molecule has 2 aromatic carbocycles. The minimum absolute atomic E-state index is 0.324. The van der Waals surface area contributed by atoms with Crippen molar-refractivity contribution >= 4 is 72.1 Å². The smallest absolute Gasteiger partial charge is 0.412 e. The number of thiophene rings is 2. The molecule has 5 aromatic rings. The van der Waals surface area contributed by atoms with Crippen LogP contribution in [0.15, 0.2) is 54.6 Å². The number of esters is 1. The van der Waals surface area contributed by atoms with Crippen LogP contribution in [0.2, 0.25) is 0 Å². The van der Waals surface area contributed by atoms with Crippen molar-refractivity contribution in [2.24, 2.45) is 0 Å². The Balaban J connectivity index is 1.41. The maximum absolute atomic E-state index is 12.6. The van der Waals surface area contributed by atoms with Gasteiger partial charge in [-0.3, -0.25) is 5.32 Å². The van der Waals surface area contributed by atoms with Crippen LogP contribution in [0.3, 0.4) is 0 Å². The minimum atomic E-state index is -0.516. The average Bonchev–Trinajstić information content (AvgIpc) is 3.53. The summed E-state index contributed by atoms with van der Waals surface area (Å²) in [5.74, 6) is -0.324. The zero-order chi connectivity index (χ0) is 23.8. The lowest BCUT2D eigenvalue weighted by molar-refractivity contribution is 0.0606. The normalized spacial score (nSPS) is 12.1. The van der Waals surface area contributed by atoms with E-state index < -0.39 is 6.09 Å².